The van der Waals surface area contributed by atoms with Gasteiger partial charge in [0.1, 0.15) is 23.0 Å². The summed E-state index contributed by atoms with van der Waals surface area (Å²) >= 11 is 0. The molecule has 1 amide bonds. The van der Waals surface area contributed by atoms with E-state index in [1.165, 1.54) is 0 Å². The van der Waals surface area contributed by atoms with E-state index >= 15 is 0 Å². The molecule has 2 aromatic carbocycles. The van der Waals surface area contributed by atoms with E-state index in [4.69, 9.17) is 18.9 Å². The molecule has 0 saturated carbocycles. The smallest absolute Gasteiger partial charge is 0.265 e. The van der Waals surface area contributed by atoms with Crippen molar-refractivity contribution in [2.45, 2.75) is 19.4 Å². The van der Waals surface area contributed by atoms with Crippen LogP contribution in [0.25, 0.3) is 0 Å². The Kier molecular flexibility index (Phi) is 6.51. The molecule has 134 valence electrons. The van der Waals surface area contributed by atoms with E-state index in [0.717, 1.165) is 5.75 Å². The first kappa shape index (κ1) is 18.4. The maximum atomic E-state index is 12.6. The van der Waals surface area contributed by atoms with Crippen LogP contribution in [0.15, 0.2) is 42.5 Å². The standard InChI is InChI=1S/C19H23NO5/c1-5-17(25-14-8-6-13(22-2)7-9-14)19(21)20-16-12-15(23-3)10-11-18(16)24-4/h6-12,17H,5H2,1-4H3,(H,20,21)/t17-/m1/s1. The fourth-order valence-corrected chi connectivity index (χ4v) is 2.27. The number of rotatable bonds is 8. The Hall–Kier alpha value is -2.89. The molecule has 0 aliphatic heterocycles. The van der Waals surface area contributed by atoms with Crippen LogP contribution in [0, 0.1) is 0 Å². The van der Waals surface area contributed by atoms with Crippen LogP contribution in [-0.2, 0) is 4.79 Å². The summed E-state index contributed by atoms with van der Waals surface area (Å²) in [6, 6.07) is 12.3. The predicted molar refractivity (Wildman–Crippen MR) is 95.9 cm³/mol. The van der Waals surface area contributed by atoms with Gasteiger partial charge in [-0.05, 0) is 42.8 Å². The van der Waals surface area contributed by atoms with Crippen LogP contribution >= 0.6 is 0 Å². The van der Waals surface area contributed by atoms with Gasteiger partial charge in [0.05, 0.1) is 27.0 Å². The second-order valence-electron chi connectivity index (χ2n) is 5.25. The second kappa shape index (κ2) is 8.82. The first-order valence-corrected chi connectivity index (χ1v) is 7.94. The lowest BCUT2D eigenvalue weighted by Crippen LogP contribution is -2.32. The molecule has 6 heteroatoms. The molecule has 0 aliphatic carbocycles. The van der Waals surface area contributed by atoms with Crippen LogP contribution in [0.3, 0.4) is 0 Å². The van der Waals surface area contributed by atoms with Gasteiger partial charge < -0.3 is 24.3 Å². The summed E-state index contributed by atoms with van der Waals surface area (Å²) in [5.41, 5.74) is 0.531. The Morgan fingerprint density at radius 2 is 1.52 bits per heavy atom. The highest BCUT2D eigenvalue weighted by Crippen LogP contribution is 2.29. The molecular weight excluding hydrogens is 322 g/mol. The van der Waals surface area contributed by atoms with E-state index in [1.54, 1.807) is 63.8 Å². The fraction of sp³-hybridized carbons (Fsp3) is 0.316. The van der Waals surface area contributed by atoms with Crippen molar-refractivity contribution in [2.75, 3.05) is 26.6 Å². The number of amides is 1. The Labute approximate surface area is 147 Å². The van der Waals surface area contributed by atoms with E-state index in [2.05, 4.69) is 5.32 Å². The average Bonchev–Trinajstić information content (AvgIpc) is 2.66. The number of hydrogen-bond acceptors (Lipinski definition) is 5. The zero-order valence-electron chi connectivity index (χ0n) is 14.9. The molecular formula is C19H23NO5. The second-order valence-corrected chi connectivity index (χ2v) is 5.25. The largest absolute Gasteiger partial charge is 0.497 e. The van der Waals surface area contributed by atoms with Gasteiger partial charge in [0.2, 0.25) is 0 Å². The summed E-state index contributed by atoms with van der Waals surface area (Å²) in [7, 11) is 4.71. The number of anilines is 1. The minimum atomic E-state index is -0.635. The number of benzene rings is 2. The monoisotopic (exact) mass is 345 g/mol. The lowest BCUT2D eigenvalue weighted by Gasteiger charge is -2.19. The highest BCUT2D eigenvalue weighted by molar-refractivity contribution is 5.95. The molecule has 6 nitrogen and oxygen atoms in total. The van der Waals surface area contributed by atoms with Crippen LogP contribution in [0.1, 0.15) is 13.3 Å². The summed E-state index contributed by atoms with van der Waals surface area (Å²) < 4.78 is 21.4. The van der Waals surface area contributed by atoms with Gasteiger partial charge in [-0.3, -0.25) is 4.79 Å². The van der Waals surface area contributed by atoms with Gasteiger partial charge in [0.15, 0.2) is 6.10 Å². The van der Waals surface area contributed by atoms with E-state index in [-0.39, 0.29) is 5.91 Å². The molecule has 0 radical (unpaired) electrons. The number of carbonyl (C=O) groups excluding carboxylic acids is 1. The Balaban J connectivity index is 2.11. The van der Waals surface area contributed by atoms with Gasteiger partial charge in [-0.2, -0.15) is 0 Å². The SMILES string of the molecule is CC[C@@H](Oc1ccc(OC)cc1)C(=O)Nc1cc(OC)ccc1OC. The molecule has 0 heterocycles. The molecule has 0 fully saturated rings. The van der Waals surface area contributed by atoms with Gasteiger partial charge in [-0.1, -0.05) is 6.92 Å². The molecule has 2 aromatic rings. The summed E-state index contributed by atoms with van der Waals surface area (Å²) in [5, 5.41) is 2.84. The lowest BCUT2D eigenvalue weighted by molar-refractivity contribution is -0.122. The van der Waals surface area contributed by atoms with Gasteiger partial charge in [-0.25, -0.2) is 0 Å². The van der Waals surface area contributed by atoms with Gasteiger partial charge in [0.25, 0.3) is 5.91 Å². The van der Waals surface area contributed by atoms with Crippen molar-refractivity contribution in [3.05, 3.63) is 42.5 Å². The zero-order valence-corrected chi connectivity index (χ0v) is 14.9. The van der Waals surface area contributed by atoms with E-state index in [1.807, 2.05) is 6.92 Å². The minimum absolute atomic E-state index is 0.259. The highest BCUT2D eigenvalue weighted by Gasteiger charge is 2.20. The fourth-order valence-electron chi connectivity index (χ4n) is 2.27. The van der Waals surface area contributed by atoms with Crippen LogP contribution in [-0.4, -0.2) is 33.3 Å². The van der Waals surface area contributed by atoms with Crippen LogP contribution in [0.5, 0.6) is 23.0 Å². The van der Waals surface area contributed by atoms with Crippen molar-refractivity contribution >= 4 is 11.6 Å². The molecule has 0 aromatic heterocycles. The summed E-state index contributed by atoms with van der Waals surface area (Å²) in [4.78, 5) is 12.6. The normalized spacial score (nSPS) is 11.4. The van der Waals surface area contributed by atoms with Gasteiger partial charge >= 0.3 is 0 Å². The lowest BCUT2D eigenvalue weighted by atomic mass is 10.2. The summed E-state index contributed by atoms with van der Waals surface area (Å²) in [5.74, 6) is 2.24. The van der Waals surface area contributed by atoms with E-state index in [0.29, 0.717) is 29.4 Å². The molecule has 0 aliphatic rings. The number of hydrogen-bond donors (Lipinski definition) is 1. The molecule has 0 spiro atoms. The quantitative estimate of drug-likeness (QED) is 0.793. The molecule has 25 heavy (non-hydrogen) atoms. The minimum Gasteiger partial charge on any atom is -0.497 e. The Morgan fingerprint density at radius 3 is 2.08 bits per heavy atom. The first-order chi connectivity index (χ1) is 12.1. The number of carbonyl (C=O) groups is 1. The molecule has 1 atom stereocenters. The molecule has 0 unspecified atom stereocenters. The number of ether oxygens (including phenoxy) is 4. The predicted octanol–water partition coefficient (Wildman–Crippen LogP) is 3.51. The molecule has 0 saturated heterocycles. The first-order valence-electron chi connectivity index (χ1n) is 7.94. The molecule has 1 N–H and O–H groups in total. The van der Waals surface area contributed by atoms with E-state index in [9.17, 15) is 4.79 Å². The maximum Gasteiger partial charge on any atom is 0.265 e. The Bertz CT molecular complexity index is 699. The third-order valence-corrected chi connectivity index (χ3v) is 3.67. The average molecular weight is 345 g/mol. The summed E-state index contributed by atoms with van der Waals surface area (Å²) in [6.07, 6.45) is -0.117. The van der Waals surface area contributed by atoms with Crippen LogP contribution < -0.4 is 24.3 Å². The van der Waals surface area contributed by atoms with E-state index < -0.39 is 6.10 Å². The van der Waals surface area contributed by atoms with Gasteiger partial charge in [-0.15, -0.1) is 0 Å². The van der Waals surface area contributed by atoms with Crippen molar-refractivity contribution in [2.24, 2.45) is 0 Å². The van der Waals surface area contributed by atoms with Crippen molar-refractivity contribution in [1.29, 1.82) is 0 Å². The van der Waals surface area contributed by atoms with Crippen molar-refractivity contribution in [1.82, 2.24) is 0 Å². The molecule has 2 rings (SSSR count). The van der Waals surface area contributed by atoms with Crippen molar-refractivity contribution in [3.63, 3.8) is 0 Å². The third-order valence-electron chi connectivity index (χ3n) is 3.67. The van der Waals surface area contributed by atoms with Crippen LogP contribution in [0.4, 0.5) is 5.69 Å². The van der Waals surface area contributed by atoms with Crippen LogP contribution in [0.2, 0.25) is 0 Å². The zero-order chi connectivity index (χ0) is 18.2. The topological polar surface area (TPSA) is 66.0 Å². The Morgan fingerprint density at radius 1 is 0.920 bits per heavy atom. The third kappa shape index (κ3) is 4.79. The highest BCUT2D eigenvalue weighted by atomic mass is 16.5. The van der Waals surface area contributed by atoms with Crippen molar-refractivity contribution in [3.8, 4) is 23.0 Å². The number of nitrogens with one attached hydrogen (secondary N) is 1. The molecule has 0 bridgehead atoms. The summed E-state index contributed by atoms with van der Waals surface area (Å²) in [6.45, 7) is 1.89. The van der Waals surface area contributed by atoms with Gasteiger partial charge in [0, 0.05) is 6.07 Å². The maximum absolute atomic E-state index is 12.6. The van der Waals surface area contributed by atoms with Crippen molar-refractivity contribution < 1.29 is 23.7 Å². The number of methoxy groups -OCH3 is 3.